The molecule has 17 heavy (non-hydrogen) atoms. The Kier molecular flexibility index (Phi) is 3.36. The minimum absolute atomic E-state index is 0.0375. The van der Waals surface area contributed by atoms with Crippen LogP contribution in [0.1, 0.15) is 35.2 Å². The van der Waals surface area contributed by atoms with Gasteiger partial charge in [0.25, 0.3) is 5.69 Å². The predicted molar refractivity (Wildman–Crippen MR) is 70.8 cm³/mol. The average molecular weight is 363 g/mol. The fourth-order valence-corrected chi connectivity index (χ4v) is 3.19. The van der Waals surface area contributed by atoms with Crippen molar-refractivity contribution in [2.24, 2.45) is 0 Å². The molecule has 1 aromatic carbocycles. The Morgan fingerprint density at radius 1 is 1.35 bits per heavy atom. The van der Waals surface area contributed by atoms with Gasteiger partial charge < -0.3 is 0 Å². The minimum atomic E-state index is -0.484. The van der Waals surface area contributed by atoms with E-state index in [0.717, 1.165) is 18.4 Å². The number of nitro benzene ring substituents is 1. The molecule has 0 fully saturated rings. The number of hydrogen-bond donors (Lipinski definition) is 0. The van der Waals surface area contributed by atoms with Crippen LogP contribution in [0.5, 0.6) is 0 Å². The lowest BCUT2D eigenvalue weighted by Crippen LogP contribution is -2.11. The summed E-state index contributed by atoms with van der Waals surface area (Å²) in [7, 11) is 0. The van der Waals surface area contributed by atoms with Gasteiger partial charge in [-0.25, -0.2) is 0 Å². The monoisotopic (exact) mass is 361 g/mol. The van der Waals surface area contributed by atoms with Crippen molar-refractivity contribution in [3.63, 3.8) is 0 Å². The van der Waals surface area contributed by atoms with Crippen LogP contribution in [0.3, 0.4) is 0 Å². The van der Waals surface area contributed by atoms with Gasteiger partial charge in [0.1, 0.15) is 3.23 Å². The molecule has 0 heterocycles. The lowest BCUT2D eigenvalue weighted by molar-refractivity contribution is -0.384. The maximum absolute atomic E-state index is 11.9. The molecule has 0 bridgehead atoms. The first-order valence-electron chi connectivity index (χ1n) is 5.12. The SMILES string of the molecule is O=C1CCCC(Br)(Br)c2ccc([N+](=O)[O-])cc21. The highest BCUT2D eigenvalue weighted by Gasteiger charge is 2.33. The van der Waals surface area contributed by atoms with Gasteiger partial charge in [-0.15, -0.1) is 0 Å². The second kappa shape index (κ2) is 4.49. The Labute approximate surface area is 115 Å². The van der Waals surface area contributed by atoms with E-state index in [-0.39, 0.29) is 11.5 Å². The van der Waals surface area contributed by atoms with Crippen LogP contribution in [0.15, 0.2) is 18.2 Å². The zero-order chi connectivity index (χ0) is 12.6. The zero-order valence-electron chi connectivity index (χ0n) is 8.78. The van der Waals surface area contributed by atoms with Gasteiger partial charge in [-0.2, -0.15) is 0 Å². The first-order valence-corrected chi connectivity index (χ1v) is 6.70. The quantitative estimate of drug-likeness (QED) is 0.329. The number of nitrogens with zero attached hydrogens (tertiary/aromatic N) is 1. The number of carbonyl (C=O) groups is 1. The van der Waals surface area contributed by atoms with Crippen molar-refractivity contribution in [1.29, 1.82) is 0 Å². The third kappa shape index (κ3) is 2.42. The van der Waals surface area contributed by atoms with Crippen LogP contribution in [0.2, 0.25) is 0 Å². The van der Waals surface area contributed by atoms with E-state index >= 15 is 0 Å². The lowest BCUT2D eigenvalue weighted by atomic mass is 10.0. The normalized spacial score (nSPS) is 18.4. The smallest absolute Gasteiger partial charge is 0.270 e. The zero-order valence-corrected chi connectivity index (χ0v) is 12.0. The molecule has 6 heteroatoms. The van der Waals surface area contributed by atoms with Gasteiger partial charge in [-0.1, -0.05) is 31.9 Å². The molecule has 0 radical (unpaired) electrons. The number of alkyl halides is 2. The summed E-state index contributed by atoms with van der Waals surface area (Å²) in [5.74, 6) is -0.0375. The average Bonchev–Trinajstić information content (AvgIpc) is 2.37. The maximum atomic E-state index is 11.9. The van der Waals surface area contributed by atoms with Crippen LogP contribution in [0.25, 0.3) is 0 Å². The summed E-state index contributed by atoms with van der Waals surface area (Å²) in [5, 5.41) is 10.7. The third-order valence-corrected chi connectivity index (χ3v) is 4.45. The van der Waals surface area contributed by atoms with E-state index in [2.05, 4.69) is 31.9 Å². The van der Waals surface area contributed by atoms with Gasteiger partial charge in [0, 0.05) is 24.1 Å². The molecule has 0 unspecified atom stereocenters. The van der Waals surface area contributed by atoms with Crippen molar-refractivity contribution in [2.45, 2.75) is 22.5 Å². The molecule has 0 N–H and O–H groups in total. The molecular weight excluding hydrogens is 354 g/mol. The molecular formula is C11H9Br2NO3. The topological polar surface area (TPSA) is 60.2 Å². The summed E-state index contributed by atoms with van der Waals surface area (Å²) >= 11 is 7.05. The number of hydrogen-bond acceptors (Lipinski definition) is 3. The van der Waals surface area contributed by atoms with Crippen LogP contribution in [0.4, 0.5) is 5.69 Å². The van der Waals surface area contributed by atoms with E-state index in [1.165, 1.54) is 12.1 Å². The summed E-state index contributed by atoms with van der Waals surface area (Å²) in [6.07, 6.45) is 1.94. The maximum Gasteiger partial charge on any atom is 0.270 e. The molecule has 0 saturated heterocycles. The molecule has 0 atom stereocenters. The third-order valence-electron chi connectivity index (χ3n) is 2.80. The highest BCUT2D eigenvalue weighted by Crippen LogP contribution is 2.46. The van der Waals surface area contributed by atoms with Gasteiger partial charge in [-0.05, 0) is 24.5 Å². The van der Waals surface area contributed by atoms with E-state index in [4.69, 9.17) is 0 Å². The molecule has 0 saturated carbocycles. The van der Waals surface area contributed by atoms with Crippen molar-refractivity contribution in [3.05, 3.63) is 39.4 Å². The number of benzene rings is 1. The van der Waals surface area contributed by atoms with Gasteiger partial charge in [0.2, 0.25) is 0 Å². The lowest BCUT2D eigenvalue weighted by Gasteiger charge is -2.20. The molecule has 1 aromatic rings. The highest BCUT2D eigenvalue weighted by molar-refractivity contribution is 9.24. The Morgan fingerprint density at radius 3 is 2.71 bits per heavy atom. The predicted octanol–water partition coefficient (Wildman–Crippen LogP) is 3.90. The number of rotatable bonds is 1. The van der Waals surface area contributed by atoms with E-state index in [1.54, 1.807) is 6.07 Å². The summed E-state index contributed by atoms with van der Waals surface area (Å²) in [6.45, 7) is 0. The van der Waals surface area contributed by atoms with Gasteiger partial charge in [0.15, 0.2) is 5.78 Å². The van der Waals surface area contributed by atoms with E-state index in [0.29, 0.717) is 12.0 Å². The van der Waals surface area contributed by atoms with E-state index in [9.17, 15) is 14.9 Å². The summed E-state index contributed by atoms with van der Waals surface area (Å²) in [6, 6.07) is 4.43. The number of nitro groups is 1. The summed E-state index contributed by atoms with van der Waals surface area (Å²) < 4.78 is -0.462. The minimum Gasteiger partial charge on any atom is -0.294 e. The molecule has 0 amide bonds. The van der Waals surface area contributed by atoms with Crippen molar-refractivity contribution in [3.8, 4) is 0 Å². The second-order valence-electron chi connectivity index (χ2n) is 3.97. The van der Waals surface area contributed by atoms with Crippen LogP contribution < -0.4 is 0 Å². The molecule has 1 aliphatic carbocycles. The van der Waals surface area contributed by atoms with Crippen molar-refractivity contribution >= 4 is 43.3 Å². The van der Waals surface area contributed by atoms with Gasteiger partial charge >= 0.3 is 0 Å². The van der Waals surface area contributed by atoms with Crippen molar-refractivity contribution < 1.29 is 9.72 Å². The molecule has 0 spiro atoms. The summed E-state index contributed by atoms with van der Waals surface area (Å²) in [4.78, 5) is 22.1. The van der Waals surface area contributed by atoms with E-state index in [1.807, 2.05) is 0 Å². The summed E-state index contributed by atoms with van der Waals surface area (Å²) in [5.41, 5.74) is 1.16. The fraction of sp³-hybridized carbons (Fsp3) is 0.364. The highest BCUT2D eigenvalue weighted by atomic mass is 79.9. The number of carbonyl (C=O) groups excluding carboxylic acids is 1. The van der Waals surface area contributed by atoms with Crippen molar-refractivity contribution in [1.82, 2.24) is 0 Å². The molecule has 0 aliphatic heterocycles. The Bertz CT molecular complexity index is 499. The van der Waals surface area contributed by atoms with Crippen LogP contribution in [-0.2, 0) is 3.23 Å². The van der Waals surface area contributed by atoms with Gasteiger partial charge in [-0.3, -0.25) is 14.9 Å². The molecule has 0 aromatic heterocycles. The van der Waals surface area contributed by atoms with Crippen molar-refractivity contribution in [2.75, 3.05) is 0 Å². The molecule has 90 valence electrons. The molecule has 4 nitrogen and oxygen atoms in total. The second-order valence-corrected chi connectivity index (χ2v) is 7.74. The standard InChI is InChI=1S/C11H9Br2NO3/c12-11(13)5-1-2-10(15)8-6-7(14(16)17)3-4-9(8)11/h3-4,6H,1-2,5H2. The van der Waals surface area contributed by atoms with Gasteiger partial charge in [0.05, 0.1) is 4.92 Å². The molecule has 1 aliphatic rings. The molecule has 2 rings (SSSR count). The van der Waals surface area contributed by atoms with Crippen LogP contribution >= 0.6 is 31.9 Å². The fourth-order valence-electron chi connectivity index (χ4n) is 1.94. The first-order chi connectivity index (χ1) is 7.92. The largest absolute Gasteiger partial charge is 0.294 e. The number of halogens is 2. The van der Waals surface area contributed by atoms with E-state index < -0.39 is 8.16 Å². The number of Topliss-reactive ketones (excluding diaryl/α,β-unsaturated/α-hetero) is 1. The number of non-ortho nitro benzene ring substituents is 1. The number of ketones is 1. The Morgan fingerprint density at radius 2 is 2.06 bits per heavy atom. The van der Waals surface area contributed by atoms with Crippen LogP contribution in [-0.4, -0.2) is 10.7 Å². The first kappa shape index (κ1) is 12.7. The Hall–Kier alpha value is -0.750. The number of fused-ring (bicyclic) bond motifs is 1. The Balaban J connectivity index is 2.61. The van der Waals surface area contributed by atoms with Crippen LogP contribution in [0, 0.1) is 10.1 Å².